The Kier molecular flexibility index (Phi) is 4.83. The zero-order valence-electron chi connectivity index (χ0n) is 10.1. The zero-order chi connectivity index (χ0) is 12.8. The van der Waals surface area contributed by atoms with Gasteiger partial charge in [0.1, 0.15) is 5.82 Å². The van der Waals surface area contributed by atoms with E-state index in [2.05, 4.69) is 15.6 Å². The van der Waals surface area contributed by atoms with Gasteiger partial charge in [0, 0.05) is 12.6 Å². The van der Waals surface area contributed by atoms with Crippen LogP contribution in [0.5, 0.6) is 0 Å². The summed E-state index contributed by atoms with van der Waals surface area (Å²) in [4.78, 5) is 3.64. The third-order valence-corrected chi connectivity index (χ3v) is 2.84. The molecule has 0 bridgehead atoms. The number of hydrogen-bond donors (Lipinski definition) is 2. The molecule has 0 aromatic carbocycles. The van der Waals surface area contributed by atoms with Crippen molar-refractivity contribution in [1.29, 1.82) is 0 Å². The highest BCUT2D eigenvalue weighted by Crippen LogP contribution is 2.11. The molecule has 1 fully saturated rings. The lowest BCUT2D eigenvalue weighted by molar-refractivity contribution is 0.0394. The van der Waals surface area contributed by atoms with Crippen LogP contribution in [0.1, 0.15) is 12.8 Å². The van der Waals surface area contributed by atoms with Crippen molar-refractivity contribution in [1.82, 2.24) is 10.3 Å². The highest BCUT2D eigenvalue weighted by Gasteiger charge is 2.12. The topological polar surface area (TPSA) is 46.2 Å². The number of nitrogens with one attached hydrogen (secondary N) is 2. The quantitative estimate of drug-likeness (QED) is 0.785. The second kappa shape index (κ2) is 6.61. The maximum absolute atomic E-state index is 13.2. The SMILES string of the molecule is Fc1cnc(NCCOC2CCNCC2)c(F)c1. The molecule has 4 nitrogen and oxygen atoms in total. The summed E-state index contributed by atoms with van der Waals surface area (Å²) in [5, 5.41) is 6.04. The minimum atomic E-state index is -0.683. The Morgan fingerprint density at radius 1 is 1.39 bits per heavy atom. The van der Waals surface area contributed by atoms with Gasteiger partial charge in [-0.25, -0.2) is 13.8 Å². The minimum Gasteiger partial charge on any atom is -0.376 e. The molecule has 0 unspecified atom stereocenters. The summed E-state index contributed by atoms with van der Waals surface area (Å²) in [6, 6.07) is 0.809. The third-order valence-electron chi connectivity index (χ3n) is 2.84. The summed E-state index contributed by atoms with van der Waals surface area (Å²) in [6.07, 6.45) is 3.27. The predicted molar refractivity (Wildman–Crippen MR) is 64.5 cm³/mol. The second-order valence-corrected chi connectivity index (χ2v) is 4.23. The van der Waals surface area contributed by atoms with Gasteiger partial charge >= 0.3 is 0 Å². The molecule has 0 saturated carbocycles. The number of halogens is 2. The molecule has 2 N–H and O–H groups in total. The number of ether oxygens (including phenoxy) is 1. The summed E-state index contributed by atoms with van der Waals surface area (Å²) in [7, 11) is 0. The molecule has 1 saturated heterocycles. The van der Waals surface area contributed by atoms with Crippen LogP contribution < -0.4 is 10.6 Å². The van der Waals surface area contributed by atoms with E-state index in [4.69, 9.17) is 4.74 Å². The zero-order valence-corrected chi connectivity index (χ0v) is 10.1. The van der Waals surface area contributed by atoms with Gasteiger partial charge in [0.25, 0.3) is 0 Å². The van der Waals surface area contributed by atoms with Crippen LogP contribution in [-0.4, -0.2) is 37.3 Å². The number of pyridine rings is 1. The van der Waals surface area contributed by atoms with Gasteiger partial charge in [0.2, 0.25) is 0 Å². The van der Waals surface area contributed by atoms with Crippen LogP contribution in [0.3, 0.4) is 0 Å². The maximum atomic E-state index is 13.2. The van der Waals surface area contributed by atoms with Crippen LogP contribution in [0.2, 0.25) is 0 Å². The van der Waals surface area contributed by atoms with Crippen molar-refractivity contribution in [2.24, 2.45) is 0 Å². The molecule has 0 spiro atoms. The molecule has 2 heterocycles. The molecule has 1 aliphatic heterocycles. The summed E-state index contributed by atoms with van der Waals surface area (Å²) < 4.78 is 31.5. The van der Waals surface area contributed by atoms with E-state index in [0.717, 1.165) is 38.2 Å². The largest absolute Gasteiger partial charge is 0.376 e. The van der Waals surface area contributed by atoms with Gasteiger partial charge in [-0.3, -0.25) is 0 Å². The number of hydrogen-bond acceptors (Lipinski definition) is 4. The first-order valence-electron chi connectivity index (χ1n) is 6.13. The summed E-state index contributed by atoms with van der Waals surface area (Å²) in [5.74, 6) is -1.30. The van der Waals surface area contributed by atoms with Crippen LogP contribution in [-0.2, 0) is 4.74 Å². The summed E-state index contributed by atoms with van der Waals surface area (Å²) in [5.41, 5.74) is 0. The van der Waals surface area contributed by atoms with Gasteiger partial charge in [0.15, 0.2) is 11.6 Å². The fraction of sp³-hybridized carbons (Fsp3) is 0.583. The van der Waals surface area contributed by atoms with Crippen LogP contribution in [0.25, 0.3) is 0 Å². The van der Waals surface area contributed by atoms with E-state index in [0.29, 0.717) is 13.2 Å². The average Bonchev–Trinajstić information content (AvgIpc) is 2.38. The van der Waals surface area contributed by atoms with Crippen molar-refractivity contribution >= 4 is 5.82 Å². The van der Waals surface area contributed by atoms with E-state index >= 15 is 0 Å². The Morgan fingerprint density at radius 2 is 2.17 bits per heavy atom. The summed E-state index contributed by atoms with van der Waals surface area (Å²) >= 11 is 0. The normalized spacial score (nSPS) is 16.8. The van der Waals surface area contributed by atoms with Gasteiger partial charge in [-0.15, -0.1) is 0 Å². The van der Waals surface area contributed by atoms with Crippen molar-refractivity contribution < 1.29 is 13.5 Å². The molecule has 6 heteroatoms. The number of anilines is 1. The molecule has 18 heavy (non-hydrogen) atoms. The Morgan fingerprint density at radius 3 is 2.89 bits per heavy atom. The van der Waals surface area contributed by atoms with Gasteiger partial charge < -0.3 is 15.4 Å². The van der Waals surface area contributed by atoms with Crippen LogP contribution in [0, 0.1) is 11.6 Å². The van der Waals surface area contributed by atoms with E-state index in [1.54, 1.807) is 0 Å². The monoisotopic (exact) mass is 257 g/mol. The average molecular weight is 257 g/mol. The van der Waals surface area contributed by atoms with Crippen LogP contribution in [0.4, 0.5) is 14.6 Å². The molecule has 1 aromatic heterocycles. The number of rotatable bonds is 5. The second-order valence-electron chi connectivity index (χ2n) is 4.23. The molecule has 0 radical (unpaired) electrons. The lowest BCUT2D eigenvalue weighted by atomic mass is 10.1. The van der Waals surface area contributed by atoms with Crippen molar-refractivity contribution in [3.05, 3.63) is 23.9 Å². The standard InChI is InChI=1S/C12H17F2N3O/c13-9-7-11(14)12(17-8-9)16-5-6-18-10-1-3-15-4-2-10/h7-8,10,15H,1-6H2,(H,16,17). The lowest BCUT2D eigenvalue weighted by Crippen LogP contribution is -2.33. The van der Waals surface area contributed by atoms with E-state index in [1.807, 2.05) is 0 Å². The smallest absolute Gasteiger partial charge is 0.168 e. The number of piperidine rings is 1. The summed E-state index contributed by atoms with van der Waals surface area (Å²) in [6.45, 7) is 2.90. The fourth-order valence-electron chi connectivity index (χ4n) is 1.90. The predicted octanol–water partition coefficient (Wildman–Crippen LogP) is 1.54. The molecule has 0 amide bonds. The highest BCUT2D eigenvalue weighted by molar-refractivity contribution is 5.35. The minimum absolute atomic E-state index is 0.0605. The lowest BCUT2D eigenvalue weighted by Gasteiger charge is -2.23. The molecule has 100 valence electrons. The van der Waals surface area contributed by atoms with Crippen molar-refractivity contribution in [2.45, 2.75) is 18.9 Å². The molecule has 1 aromatic rings. The Bertz CT molecular complexity index is 384. The molecular weight excluding hydrogens is 240 g/mol. The van der Waals surface area contributed by atoms with Gasteiger partial charge in [-0.05, 0) is 25.9 Å². The molecule has 0 aliphatic carbocycles. The van der Waals surface area contributed by atoms with E-state index in [1.165, 1.54) is 0 Å². The maximum Gasteiger partial charge on any atom is 0.168 e. The molecule has 1 aliphatic rings. The third kappa shape index (κ3) is 3.89. The van der Waals surface area contributed by atoms with Crippen LogP contribution >= 0.6 is 0 Å². The fourth-order valence-corrected chi connectivity index (χ4v) is 1.90. The van der Waals surface area contributed by atoms with Gasteiger partial charge in [0.05, 0.1) is 18.9 Å². The molecule has 2 rings (SSSR count). The van der Waals surface area contributed by atoms with E-state index < -0.39 is 11.6 Å². The number of aromatic nitrogens is 1. The van der Waals surface area contributed by atoms with Gasteiger partial charge in [-0.2, -0.15) is 0 Å². The van der Waals surface area contributed by atoms with E-state index in [-0.39, 0.29) is 11.9 Å². The highest BCUT2D eigenvalue weighted by atomic mass is 19.1. The van der Waals surface area contributed by atoms with E-state index in [9.17, 15) is 8.78 Å². The Labute approximate surface area is 105 Å². The first kappa shape index (κ1) is 13.2. The van der Waals surface area contributed by atoms with Crippen molar-refractivity contribution in [2.75, 3.05) is 31.6 Å². The van der Waals surface area contributed by atoms with Crippen molar-refractivity contribution in [3.63, 3.8) is 0 Å². The Balaban J connectivity index is 1.68. The molecular formula is C12H17F2N3O. The van der Waals surface area contributed by atoms with Gasteiger partial charge in [-0.1, -0.05) is 0 Å². The first-order valence-corrected chi connectivity index (χ1v) is 6.13. The number of nitrogens with zero attached hydrogens (tertiary/aromatic N) is 1. The Hall–Kier alpha value is -1.27. The van der Waals surface area contributed by atoms with Crippen molar-refractivity contribution in [3.8, 4) is 0 Å². The first-order chi connectivity index (χ1) is 8.75. The van der Waals surface area contributed by atoms with Crippen LogP contribution in [0.15, 0.2) is 12.3 Å². The molecule has 0 atom stereocenters.